The zero-order valence-electron chi connectivity index (χ0n) is 10.2. The summed E-state index contributed by atoms with van der Waals surface area (Å²) >= 11 is 1.72. The molecular formula is C12H18N4S. The number of rotatable bonds is 5. The van der Waals surface area contributed by atoms with E-state index in [0.717, 1.165) is 12.8 Å². The summed E-state index contributed by atoms with van der Waals surface area (Å²) in [6.45, 7) is 2.13. The van der Waals surface area contributed by atoms with Crippen LogP contribution in [0.4, 0.5) is 0 Å². The van der Waals surface area contributed by atoms with Crippen molar-refractivity contribution < 1.29 is 0 Å². The Hall–Kier alpha value is -1.17. The van der Waals surface area contributed by atoms with Crippen LogP contribution in [-0.2, 0) is 13.5 Å². The summed E-state index contributed by atoms with van der Waals surface area (Å²) in [6.07, 6.45) is 3.78. The van der Waals surface area contributed by atoms with E-state index in [1.165, 1.54) is 16.8 Å². The van der Waals surface area contributed by atoms with Crippen LogP contribution in [0.2, 0.25) is 0 Å². The van der Waals surface area contributed by atoms with Gasteiger partial charge in [0.1, 0.15) is 0 Å². The maximum atomic E-state index is 5.64. The Morgan fingerprint density at radius 2 is 2.35 bits per heavy atom. The molecule has 2 aromatic heterocycles. The van der Waals surface area contributed by atoms with Crippen molar-refractivity contribution >= 4 is 11.3 Å². The molecule has 17 heavy (non-hydrogen) atoms. The Labute approximate surface area is 105 Å². The van der Waals surface area contributed by atoms with Gasteiger partial charge in [-0.1, -0.05) is 0 Å². The third-order valence-electron chi connectivity index (χ3n) is 3.08. The summed E-state index contributed by atoms with van der Waals surface area (Å²) < 4.78 is 1.91. The standard InChI is InChI=1S/C12H18N4S/c1-9-7-17-8-11(9)12(15-13)4-3-10-5-6-14-16(10)2/h5-8,12,15H,3-4,13H2,1-2H3. The first-order valence-corrected chi connectivity index (χ1v) is 6.62. The third kappa shape index (κ3) is 2.74. The highest BCUT2D eigenvalue weighted by atomic mass is 32.1. The van der Waals surface area contributed by atoms with Crippen molar-refractivity contribution in [3.05, 3.63) is 39.8 Å². The van der Waals surface area contributed by atoms with E-state index in [2.05, 4.69) is 28.2 Å². The zero-order chi connectivity index (χ0) is 12.3. The predicted octanol–water partition coefficient (Wildman–Crippen LogP) is 1.93. The highest BCUT2D eigenvalue weighted by molar-refractivity contribution is 7.08. The molecule has 92 valence electrons. The average Bonchev–Trinajstić information content (AvgIpc) is 2.90. The Balaban J connectivity index is 2.02. The highest BCUT2D eigenvalue weighted by Crippen LogP contribution is 2.24. The number of hydrogen-bond donors (Lipinski definition) is 2. The molecule has 2 heterocycles. The number of hydrazine groups is 1. The molecule has 1 atom stereocenters. The third-order valence-corrected chi connectivity index (χ3v) is 3.96. The summed E-state index contributed by atoms with van der Waals surface area (Å²) in [5.41, 5.74) is 6.75. The average molecular weight is 250 g/mol. The lowest BCUT2D eigenvalue weighted by atomic mass is 10.0. The SMILES string of the molecule is Cc1cscc1C(CCc1ccnn1C)NN. The number of nitrogens with zero attached hydrogens (tertiary/aromatic N) is 2. The van der Waals surface area contributed by atoms with Gasteiger partial charge in [0, 0.05) is 25.0 Å². The van der Waals surface area contributed by atoms with Crippen molar-refractivity contribution in [1.82, 2.24) is 15.2 Å². The van der Waals surface area contributed by atoms with Crippen LogP contribution in [0.5, 0.6) is 0 Å². The monoisotopic (exact) mass is 250 g/mol. The number of thiophene rings is 1. The Morgan fingerprint density at radius 1 is 1.53 bits per heavy atom. The molecule has 0 aliphatic carbocycles. The van der Waals surface area contributed by atoms with Gasteiger partial charge < -0.3 is 0 Å². The molecular weight excluding hydrogens is 232 g/mol. The molecule has 0 amide bonds. The molecule has 0 fully saturated rings. The van der Waals surface area contributed by atoms with Gasteiger partial charge in [-0.15, -0.1) is 0 Å². The second-order valence-electron chi connectivity index (χ2n) is 4.21. The summed E-state index contributed by atoms with van der Waals surface area (Å²) in [7, 11) is 1.97. The molecule has 5 heteroatoms. The van der Waals surface area contributed by atoms with Gasteiger partial charge in [0.05, 0.1) is 0 Å². The van der Waals surface area contributed by atoms with Gasteiger partial charge in [-0.3, -0.25) is 16.0 Å². The summed E-state index contributed by atoms with van der Waals surface area (Å²) in [6, 6.07) is 2.27. The van der Waals surface area contributed by atoms with E-state index in [9.17, 15) is 0 Å². The smallest absolute Gasteiger partial charge is 0.0492 e. The van der Waals surface area contributed by atoms with E-state index >= 15 is 0 Å². The lowest BCUT2D eigenvalue weighted by Gasteiger charge is -2.15. The second kappa shape index (κ2) is 5.44. The van der Waals surface area contributed by atoms with E-state index in [1.807, 2.05) is 24.0 Å². The molecule has 0 aliphatic heterocycles. The van der Waals surface area contributed by atoms with Crippen LogP contribution in [0.25, 0.3) is 0 Å². The Bertz CT molecular complexity index is 474. The molecule has 1 unspecified atom stereocenters. The second-order valence-corrected chi connectivity index (χ2v) is 4.96. The minimum absolute atomic E-state index is 0.219. The number of aryl methyl sites for hydroxylation is 3. The normalized spacial score (nSPS) is 12.9. The number of nitrogens with two attached hydrogens (primary N) is 1. The highest BCUT2D eigenvalue weighted by Gasteiger charge is 2.13. The fourth-order valence-corrected chi connectivity index (χ4v) is 2.90. The Kier molecular flexibility index (Phi) is 3.93. The van der Waals surface area contributed by atoms with Gasteiger partial charge in [-0.2, -0.15) is 16.4 Å². The first kappa shape index (κ1) is 12.3. The maximum Gasteiger partial charge on any atom is 0.0492 e. The van der Waals surface area contributed by atoms with Crippen molar-refractivity contribution in [3.8, 4) is 0 Å². The van der Waals surface area contributed by atoms with E-state index < -0.39 is 0 Å². The largest absolute Gasteiger partial charge is 0.273 e. The topological polar surface area (TPSA) is 55.9 Å². The summed E-state index contributed by atoms with van der Waals surface area (Å²) in [5, 5.41) is 8.49. The molecule has 0 saturated carbocycles. The van der Waals surface area contributed by atoms with E-state index in [1.54, 1.807) is 11.3 Å². The van der Waals surface area contributed by atoms with Crippen LogP contribution in [0.3, 0.4) is 0 Å². The first-order valence-electron chi connectivity index (χ1n) is 5.68. The maximum absolute atomic E-state index is 5.64. The van der Waals surface area contributed by atoms with Crippen molar-refractivity contribution in [1.29, 1.82) is 0 Å². The van der Waals surface area contributed by atoms with Crippen LogP contribution in [0.1, 0.15) is 29.3 Å². The van der Waals surface area contributed by atoms with Gasteiger partial charge in [-0.05, 0) is 47.7 Å². The van der Waals surface area contributed by atoms with Gasteiger partial charge in [0.15, 0.2) is 0 Å². The van der Waals surface area contributed by atoms with E-state index in [4.69, 9.17) is 5.84 Å². The number of aromatic nitrogens is 2. The van der Waals surface area contributed by atoms with Crippen LogP contribution < -0.4 is 11.3 Å². The molecule has 2 aromatic rings. The van der Waals surface area contributed by atoms with Crippen LogP contribution >= 0.6 is 11.3 Å². The predicted molar refractivity (Wildman–Crippen MR) is 70.6 cm³/mol. The number of hydrogen-bond acceptors (Lipinski definition) is 4. The molecule has 3 N–H and O–H groups in total. The fourth-order valence-electron chi connectivity index (χ4n) is 1.99. The van der Waals surface area contributed by atoms with Crippen molar-refractivity contribution in [3.63, 3.8) is 0 Å². The number of nitrogens with one attached hydrogen (secondary N) is 1. The van der Waals surface area contributed by atoms with Gasteiger partial charge in [0.2, 0.25) is 0 Å². The molecule has 0 saturated heterocycles. The lowest BCUT2D eigenvalue weighted by Crippen LogP contribution is -2.28. The fraction of sp³-hybridized carbons (Fsp3) is 0.417. The van der Waals surface area contributed by atoms with Crippen LogP contribution in [0.15, 0.2) is 23.0 Å². The molecule has 0 aromatic carbocycles. The molecule has 0 bridgehead atoms. The molecule has 4 nitrogen and oxygen atoms in total. The van der Waals surface area contributed by atoms with Gasteiger partial charge >= 0.3 is 0 Å². The van der Waals surface area contributed by atoms with Crippen molar-refractivity contribution in [2.75, 3.05) is 0 Å². The van der Waals surface area contributed by atoms with E-state index in [0.29, 0.717) is 0 Å². The Morgan fingerprint density at radius 3 is 2.88 bits per heavy atom. The van der Waals surface area contributed by atoms with E-state index in [-0.39, 0.29) is 6.04 Å². The molecule has 0 radical (unpaired) electrons. The van der Waals surface area contributed by atoms with Crippen molar-refractivity contribution in [2.24, 2.45) is 12.9 Å². The summed E-state index contributed by atoms with van der Waals surface area (Å²) in [5.74, 6) is 5.64. The minimum atomic E-state index is 0.219. The van der Waals surface area contributed by atoms with Gasteiger partial charge in [0.25, 0.3) is 0 Å². The molecule has 0 aliphatic rings. The summed E-state index contributed by atoms with van der Waals surface area (Å²) in [4.78, 5) is 0. The van der Waals surface area contributed by atoms with Gasteiger partial charge in [-0.25, -0.2) is 0 Å². The van der Waals surface area contributed by atoms with Crippen LogP contribution in [0, 0.1) is 6.92 Å². The first-order chi connectivity index (χ1) is 8.22. The zero-order valence-corrected chi connectivity index (χ0v) is 11.0. The lowest BCUT2D eigenvalue weighted by molar-refractivity contribution is 0.506. The molecule has 2 rings (SSSR count). The minimum Gasteiger partial charge on any atom is -0.273 e. The molecule has 0 spiro atoms. The van der Waals surface area contributed by atoms with Crippen LogP contribution in [-0.4, -0.2) is 9.78 Å². The van der Waals surface area contributed by atoms with Crippen molar-refractivity contribution in [2.45, 2.75) is 25.8 Å². The quantitative estimate of drug-likeness (QED) is 0.630.